The summed E-state index contributed by atoms with van der Waals surface area (Å²) in [5.74, 6) is -0.0148. The Morgan fingerprint density at radius 3 is 3.00 bits per heavy atom. The summed E-state index contributed by atoms with van der Waals surface area (Å²) >= 11 is 0. The van der Waals surface area contributed by atoms with Crippen LogP contribution >= 0.6 is 0 Å². The first-order chi connectivity index (χ1) is 6.20. The minimum absolute atomic E-state index is 0.00472. The second-order valence-electron chi connectivity index (χ2n) is 3.52. The van der Waals surface area contributed by atoms with E-state index in [1.807, 2.05) is 6.92 Å². The second-order valence-corrected chi connectivity index (χ2v) is 3.52. The third-order valence-electron chi connectivity index (χ3n) is 2.63. The highest BCUT2D eigenvalue weighted by atomic mass is 16.3. The standard InChI is InChI=1S/C9H18N2O2/c1-2-8(10)9(13)11-5-3-4-7(11)6-12/h7-8,12H,2-6,10H2,1H3/t7-,8-/m0/s1. The van der Waals surface area contributed by atoms with Crippen LogP contribution in [0.25, 0.3) is 0 Å². The van der Waals surface area contributed by atoms with Crippen LogP contribution in [0.1, 0.15) is 26.2 Å². The lowest BCUT2D eigenvalue weighted by molar-refractivity contribution is -0.134. The van der Waals surface area contributed by atoms with Gasteiger partial charge in [0.2, 0.25) is 5.91 Å². The largest absolute Gasteiger partial charge is 0.394 e. The molecule has 0 aromatic rings. The van der Waals surface area contributed by atoms with Gasteiger partial charge in [0, 0.05) is 6.54 Å². The summed E-state index contributed by atoms with van der Waals surface area (Å²) in [6.45, 7) is 2.70. The molecule has 2 atom stereocenters. The molecule has 0 aliphatic carbocycles. The third-order valence-corrected chi connectivity index (χ3v) is 2.63. The Morgan fingerprint density at radius 1 is 1.77 bits per heavy atom. The summed E-state index contributed by atoms with van der Waals surface area (Å²) in [5.41, 5.74) is 5.64. The van der Waals surface area contributed by atoms with Crippen LogP contribution in [0, 0.1) is 0 Å². The van der Waals surface area contributed by atoms with Gasteiger partial charge in [0.25, 0.3) is 0 Å². The molecule has 1 rings (SSSR count). The predicted octanol–water partition coefficient (Wildman–Crippen LogP) is -0.293. The maximum Gasteiger partial charge on any atom is 0.239 e. The summed E-state index contributed by atoms with van der Waals surface area (Å²) in [4.78, 5) is 13.4. The van der Waals surface area contributed by atoms with Crippen molar-refractivity contribution in [2.24, 2.45) is 5.73 Å². The van der Waals surface area contributed by atoms with E-state index in [1.54, 1.807) is 4.90 Å². The van der Waals surface area contributed by atoms with Crippen LogP contribution in [-0.2, 0) is 4.79 Å². The van der Waals surface area contributed by atoms with Gasteiger partial charge in [0.05, 0.1) is 18.7 Å². The predicted molar refractivity (Wildman–Crippen MR) is 50.1 cm³/mol. The van der Waals surface area contributed by atoms with Crippen molar-refractivity contribution < 1.29 is 9.90 Å². The van der Waals surface area contributed by atoms with Crippen LogP contribution in [-0.4, -0.2) is 41.1 Å². The van der Waals surface area contributed by atoms with E-state index in [0.29, 0.717) is 6.42 Å². The highest BCUT2D eigenvalue weighted by molar-refractivity contribution is 5.82. The number of likely N-dealkylation sites (tertiary alicyclic amines) is 1. The first-order valence-corrected chi connectivity index (χ1v) is 4.87. The van der Waals surface area contributed by atoms with E-state index in [1.165, 1.54) is 0 Å². The van der Waals surface area contributed by atoms with Gasteiger partial charge in [-0.05, 0) is 19.3 Å². The molecule has 0 aromatic carbocycles. The molecule has 1 fully saturated rings. The van der Waals surface area contributed by atoms with Crippen molar-refractivity contribution in [3.8, 4) is 0 Å². The van der Waals surface area contributed by atoms with Crippen LogP contribution in [0.15, 0.2) is 0 Å². The summed E-state index contributed by atoms with van der Waals surface area (Å²) in [6.07, 6.45) is 2.54. The number of aliphatic hydroxyl groups is 1. The van der Waals surface area contributed by atoms with Gasteiger partial charge in [-0.15, -0.1) is 0 Å². The summed E-state index contributed by atoms with van der Waals surface area (Å²) in [5, 5.41) is 9.01. The van der Waals surface area contributed by atoms with Crippen molar-refractivity contribution in [1.82, 2.24) is 4.90 Å². The second kappa shape index (κ2) is 4.58. The quantitative estimate of drug-likeness (QED) is 0.636. The van der Waals surface area contributed by atoms with Gasteiger partial charge >= 0.3 is 0 Å². The minimum atomic E-state index is -0.396. The Morgan fingerprint density at radius 2 is 2.46 bits per heavy atom. The average Bonchev–Trinajstić information content (AvgIpc) is 2.62. The van der Waals surface area contributed by atoms with Crippen LogP contribution in [0.5, 0.6) is 0 Å². The number of carbonyl (C=O) groups excluding carboxylic acids is 1. The SMILES string of the molecule is CC[C@H](N)C(=O)N1CCC[C@H]1CO. The zero-order valence-corrected chi connectivity index (χ0v) is 8.07. The van der Waals surface area contributed by atoms with Crippen molar-refractivity contribution in [3.05, 3.63) is 0 Å². The first kappa shape index (κ1) is 10.5. The van der Waals surface area contributed by atoms with E-state index in [0.717, 1.165) is 19.4 Å². The number of aliphatic hydroxyl groups excluding tert-OH is 1. The summed E-state index contributed by atoms with van der Waals surface area (Å²) in [6, 6.07) is -0.391. The van der Waals surface area contributed by atoms with Gasteiger partial charge in [-0.1, -0.05) is 6.92 Å². The highest BCUT2D eigenvalue weighted by Crippen LogP contribution is 2.17. The van der Waals surface area contributed by atoms with E-state index < -0.39 is 6.04 Å². The van der Waals surface area contributed by atoms with Gasteiger partial charge in [0.15, 0.2) is 0 Å². The number of carbonyl (C=O) groups is 1. The lowest BCUT2D eigenvalue weighted by atomic mass is 10.2. The Balaban J connectivity index is 2.54. The number of rotatable bonds is 3. The van der Waals surface area contributed by atoms with Gasteiger partial charge in [-0.2, -0.15) is 0 Å². The molecular formula is C9H18N2O2. The molecule has 0 bridgehead atoms. The monoisotopic (exact) mass is 186 g/mol. The van der Waals surface area contributed by atoms with Crippen LogP contribution < -0.4 is 5.73 Å². The molecule has 76 valence electrons. The van der Waals surface area contributed by atoms with E-state index in [9.17, 15) is 4.79 Å². The Labute approximate surface area is 78.7 Å². The Hall–Kier alpha value is -0.610. The summed E-state index contributed by atoms with van der Waals surface area (Å²) in [7, 11) is 0. The molecule has 4 nitrogen and oxygen atoms in total. The lowest BCUT2D eigenvalue weighted by Crippen LogP contribution is -2.46. The molecule has 0 unspecified atom stereocenters. The lowest BCUT2D eigenvalue weighted by Gasteiger charge is -2.25. The maximum atomic E-state index is 11.6. The fourth-order valence-electron chi connectivity index (χ4n) is 1.70. The van der Waals surface area contributed by atoms with Crippen molar-refractivity contribution in [2.75, 3.05) is 13.2 Å². The average molecular weight is 186 g/mol. The molecule has 1 heterocycles. The number of amides is 1. The van der Waals surface area contributed by atoms with Crippen molar-refractivity contribution >= 4 is 5.91 Å². The van der Waals surface area contributed by atoms with Gasteiger partial charge in [-0.25, -0.2) is 0 Å². The van der Waals surface area contributed by atoms with Crippen LogP contribution in [0.3, 0.4) is 0 Å². The van der Waals surface area contributed by atoms with E-state index >= 15 is 0 Å². The van der Waals surface area contributed by atoms with Crippen molar-refractivity contribution in [1.29, 1.82) is 0 Å². The number of hydrogen-bond donors (Lipinski definition) is 2. The summed E-state index contributed by atoms with van der Waals surface area (Å²) < 4.78 is 0. The Bertz CT molecular complexity index is 184. The Kier molecular flexibility index (Phi) is 3.69. The molecule has 0 aromatic heterocycles. The molecular weight excluding hydrogens is 168 g/mol. The molecule has 0 radical (unpaired) electrons. The maximum absolute atomic E-state index is 11.6. The van der Waals surface area contributed by atoms with Crippen molar-refractivity contribution in [2.45, 2.75) is 38.3 Å². The van der Waals surface area contributed by atoms with Crippen LogP contribution in [0.2, 0.25) is 0 Å². The van der Waals surface area contributed by atoms with Gasteiger partial charge in [0.1, 0.15) is 0 Å². The number of hydrogen-bond acceptors (Lipinski definition) is 3. The van der Waals surface area contributed by atoms with E-state index in [4.69, 9.17) is 10.8 Å². The third kappa shape index (κ3) is 2.19. The minimum Gasteiger partial charge on any atom is -0.394 e. The zero-order valence-electron chi connectivity index (χ0n) is 8.07. The van der Waals surface area contributed by atoms with E-state index in [-0.39, 0.29) is 18.6 Å². The molecule has 0 saturated carbocycles. The van der Waals surface area contributed by atoms with Crippen molar-refractivity contribution in [3.63, 3.8) is 0 Å². The first-order valence-electron chi connectivity index (χ1n) is 4.87. The smallest absolute Gasteiger partial charge is 0.239 e. The fourth-order valence-corrected chi connectivity index (χ4v) is 1.70. The zero-order chi connectivity index (χ0) is 9.84. The fraction of sp³-hybridized carbons (Fsp3) is 0.889. The normalized spacial score (nSPS) is 24.8. The molecule has 1 amide bonds. The van der Waals surface area contributed by atoms with E-state index in [2.05, 4.69) is 0 Å². The molecule has 13 heavy (non-hydrogen) atoms. The number of nitrogens with zero attached hydrogens (tertiary/aromatic N) is 1. The molecule has 3 N–H and O–H groups in total. The van der Waals surface area contributed by atoms with Gasteiger partial charge in [-0.3, -0.25) is 4.79 Å². The molecule has 4 heteroatoms. The molecule has 1 aliphatic heterocycles. The van der Waals surface area contributed by atoms with Crippen LogP contribution in [0.4, 0.5) is 0 Å². The molecule has 1 aliphatic rings. The molecule has 0 spiro atoms. The highest BCUT2D eigenvalue weighted by Gasteiger charge is 2.30. The molecule has 1 saturated heterocycles. The topological polar surface area (TPSA) is 66.6 Å². The number of nitrogens with two attached hydrogens (primary N) is 1. The van der Waals surface area contributed by atoms with Gasteiger partial charge < -0.3 is 15.7 Å².